The zero-order valence-electron chi connectivity index (χ0n) is 12.5. The SMILES string of the molecule is CC(C)C1(CNc2nc3c(cc2C#N)CCCC3)CC1. The quantitative estimate of drug-likeness (QED) is 0.907. The molecular weight excluding hydrogens is 246 g/mol. The van der Waals surface area contributed by atoms with Crippen LogP contribution in [0.1, 0.15) is 56.4 Å². The Morgan fingerprint density at radius 2 is 2.10 bits per heavy atom. The fourth-order valence-electron chi connectivity index (χ4n) is 3.23. The first kappa shape index (κ1) is 13.4. The first-order valence-corrected chi connectivity index (χ1v) is 7.81. The molecule has 0 amide bonds. The summed E-state index contributed by atoms with van der Waals surface area (Å²) in [4.78, 5) is 4.74. The number of fused-ring (bicyclic) bond motifs is 1. The van der Waals surface area contributed by atoms with Crippen molar-refractivity contribution >= 4 is 5.82 Å². The molecule has 0 saturated heterocycles. The molecule has 2 aliphatic carbocycles. The molecule has 0 aliphatic heterocycles. The third kappa shape index (κ3) is 2.40. The van der Waals surface area contributed by atoms with Crippen LogP contribution in [0.25, 0.3) is 0 Å². The number of hydrogen-bond donors (Lipinski definition) is 1. The maximum atomic E-state index is 9.34. The van der Waals surface area contributed by atoms with Gasteiger partial charge in [-0.2, -0.15) is 5.26 Å². The molecular formula is C17H23N3. The van der Waals surface area contributed by atoms with Gasteiger partial charge in [0.1, 0.15) is 11.9 Å². The predicted octanol–water partition coefficient (Wildman–Crippen LogP) is 3.68. The molecule has 0 bridgehead atoms. The molecule has 1 fully saturated rings. The van der Waals surface area contributed by atoms with Gasteiger partial charge in [-0.1, -0.05) is 13.8 Å². The van der Waals surface area contributed by atoms with Crippen LogP contribution in [0.4, 0.5) is 5.82 Å². The number of rotatable bonds is 4. The van der Waals surface area contributed by atoms with Gasteiger partial charge in [-0.05, 0) is 61.5 Å². The van der Waals surface area contributed by atoms with Gasteiger partial charge in [0, 0.05) is 12.2 Å². The number of hydrogen-bond acceptors (Lipinski definition) is 3. The Labute approximate surface area is 121 Å². The van der Waals surface area contributed by atoms with E-state index in [1.165, 1.54) is 36.9 Å². The molecule has 0 aromatic carbocycles. The molecule has 1 N–H and O–H groups in total. The Balaban J connectivity index is 1.80. The molecule has 3 rings (SSSR count). The summed E-state index contributed by atoms with van der Waals surface area (Å²) in [6.07, 6.45) is 7.18. The lowest BCUT2D eigenvalue weighted by atomic mass is 9.92. The Kier molecular flexibility index (Phi) is 3.41. The van der Waals surface area contributed by atoms with Crippen LogP contribution in [0.15, 0.2) is 6.07 Å². The molecule has 0 radical (unpaired) electrons. The summed E-state index contributed by atoms with van der Waals surface area (Å²) >= 11 is 0. The van der Waals surface area contributed by atoms with E-state index in [-0.39, 0.29) is 0 Å². The monoisotopic (exact) mass is 269 g/mol. The van der Waals surface area contributed by atoms with E-state index in [4.69, 9.17) is 4.98 Å². The van der Waals surface area contributed by atoms with Crippen LogP contribution in [0.3, 0.4) is 0 Å². The number of nitrogens with zero attached hydrogens (tertiary/aromatic N) is 2. The van der Waals surface area contributed by atoms with Crippen LogP contribution < -0.4 is 5.32 Å². The van der Waals surface area contributed by atoms with Gasteiger partial charge in [0.05, 0.1) is 5.56 Å². The Bertz CT molecular complexity index is 550. The minimum atomic E-state index is 0.435. The molecule has 3 heteroatoms. The van der Waals surface area contributed by atoms with Crippen LogP contribution >= 0.6 is 0 Å². The number of nitrogens with one attached hydrogen (secondary N) is 1. The molecule has 0 atom stereocenters. The van der Waals surface area contributed by atoms with Crippen molar-refractivity contribution in [3.05, 3.63) is 22.9 Å². The van der Waals surface area contributed by atoms with Gasteiger partial charge < -0.3 is 5.32 Å². The highest BCUT2D eigenvalue weighted by Crippen LogP contribution is 2.51. The largest absolute Gasteiger partial charge is 0.368 e. The lowest BCUT2D eigenvalue weighted by Crippen LogP contribution is -2.22. The molecule has 20 heavy (non-hydrogen) atoms. The summed E-state index contributed by atoms with van der Waals surface area (Å²) < 4.78 is 0. The first-order valence-electron chi connectivity index (χ1n) is 7.81. The first-order chi connectivity index (χ1) is 9.64. The molecule has 0 spiro atoms. The van der Waals surface area contributed by atoms with E-state index in [2.05, 4.69) is 31.3 Å². The van der Waals surface area contributed by atoms with Crippen molar-refractivity contribution in [2.24, 2.45) is 11.3 Å². The van der Waals surface area contributed by atoms with Crippen molar-refractivity contribution in [1.82, 2.24) is 4.98 Å². The molecule has 1 heterocycles. The van der Waals surface area contributed by atoms with E-state index in [1.54, 1.807) is 0 Å². The normalized spacial score (nSPS) is 19.3. The molecule has 1 aromatic heterocycles. The fraction of sp³-hybridized carbons (Fsp3) is 0.647. The maximum Gasteiger partial charge on any atom is 0.144 e. The van der Waals surface area contributed by atoms with Crippen molar-refractivity contribution in [2.75, 3.05) is 11.9 Å². The summed E-state index contributed by atoms with van der Waals surface area (Å²) in [6.45, 7) is 5.53. The molecule has 3 nitrogen and oxygen atoms in total. The summed E-state index contributed by atoms with van der Waals surface area (Å²) in [5, 5.41) is 12.8. The highest BCUT2D eigenvalue weighted by molar-refractivity contribution is 5.55. The molecule has 0 unspecified atom stereocenters. The average Bonchev–Trinajstić information content (AvgIpc) is 3.25. The van der Waals surface area contributed by atoms with Gasteiger partial charge in [-0.3, -0.25) is 0 Å². The molecule has 106 valence electrons. The zero-order chi connectivity index (χ0) is 14.2. The Morgan fingerprint density at radius 3 is 2.75 bits per heavy atom. The van der Waals surface area contributed by atoms with Gasteiger partial charge in [-0.15, -0.1) is 0 Å². The number of aromatic nitrogens is 1. The minimum Gasteiger partial charge on any atom is -0.368 e. The smallest absolute Gasteiger partial charge is 0.144 e. The van der Waals surface area contributed by atoms with E-state index >= 15 is 0 Å². The number of aryl methyl sites for hydroxylation is 2. The van der Waals surface area contributed by atoms with Crippen molar-refractivity contribution in [2.45, 2.75) is 52.4 Å². The van der Waals surface area contributed by atoms with Gasteiger partial charge in [0.2, 0.25) is 0 Å². The van der Waals surface area contributed by atoms with Crippen LogP contribution in [0.5, 0.6) is 0 Å². The number of pyridine rings is 1. The van der Waals surface area contributed by atoms with E-state index < -0.39 is 0 Å². The molecule has 1 saturated carbocycles. The van der Waals surface area contributed by atoms with E-state index in [1.807, 2.05) is 0 Å². The third-order valence-corrected chi connectivity index (χ3v) is 5.15. The average molecular weight is 269 g/mol. The van der Waals surface area contributed by atoms with Crippen molar-refractivity contribution in [3.63, 3.8) is 0 Å². The van der Waals surface area contributed by atoms with Crippen molar-refractivity contribution < 1.29 is 0 Å². The summed E-state index contributed by atoms with van der Waals surface area (Å²) in [7, 11) is 0. The second-order valence-electron chi connectivity index (χ2n) is 6.68. The predicted molar refractivity (Wildman–Crippen MR) is 80.6 cm³/mol. The topological polar surface area (TPSA) is 48.7 Å². The second kappa shape index (κ2) is 5.09. The lowest BCUT2D eigenvalue weighted by molar-refractivity contribution is 0.380. The highest BCUT2D eigenvalue weighted by atomic mass is 15.0. The van der Waals surface area contributed by atoms with Gasteiger partial charge in [-0.25, -0.2) is 4.98 Å². The molecule has 1 aromatic rings. The van der Waals surface area contributed by atoms with E-state index in [9.17, 15) is 5.26 Å². The molecule has 2 aliphatic rings. The summed E-state index contributed by atoms with van der Waals surface area (Å²) in [6, 6.07) is 4.36. The lowest BCUT2D eigenvalue weighted by Gasteiger charge is -2.22. The van der Waals surface area contributed by atoms with Crippen LogP contribution in [-0.4, -0.2) is 11.5 Å². The third-order valence-electron chi connectivity index (χ3n) is 5.15. The summed E-state index contributed by atoms with van der Waals surface area (Å²) in [5.74, 6) is 1.50. The maximum absolute atomic E-state index is 9.34. The number of nitriles is 1. The Morgan fingerprint density at radius 1 is 1.35 bits per heavy atom. The van der Waals surface area contributed by atoms with Crippen molar-refractivity contribution in [1.29, 1.82) is 5.26 Å². The second-order valence-corrected chi connectivity index (χ2v) is 6.68. The zero-order valence-corrected chi connectivity index (χ0v) is 12.5. The van der Waals surface area contributed by atoms with Crippen LogP contribution in [0.2, 0.25) is 0 Å². The van der Waals surface area contributed by atoms with Crippen LogP contribution in [0, 0.1) is 22.7 Å². The summed E-state index contributed by atoms with van der Waals surface area (Å²) in [5.41, 5.74) is 3.63. The number of anilines is 1. The minimum absolute atomic E-state index is 0.435. The van der Waals surface area contributed by atoms with Gasteiger partial charge in [0.15, 0.2) is 0 Å². The fourth-order valence-corrected chi connectivity index (χ4v) is 3.23. The highest BCUT2D eigenvalue weighted by Gasteiger charge is 2.45. The van der Waals surface area contributed by atoms with E-state index in [0.717, 1.165) is 25.2 Å². The van der Waals surface area contributed by atoms with E-state index in [0.29, 0.717) is 16.9 Å². The van der Waals surface area contributed by atoms with Crippen LogP contribution in [-0.2, 0) is 12.8 Å². The van der Waals surface area contributed by atoms with Crippen molar-refractivity contribution in [3.8, 4) is 6.07 Å². The Hall–Kier alpha value is -1.56. The van der Waals surface area contributed by atoms with Gasteiger partial charge in [0.25, 0.3) is 0 Å². The standard InChI is InChI=1S/C17H23N3/c1-12(2)17(7-8-17)11-19-16-14(10-18)9-13-5-3-4-6-15(13)20-16/h9,12H,3-8,11H2,1-2H3,(H,19,20). The van der Waals surface area contributed by atoms with Gasteiger partial charge >= 0.3 is 0 Å².